The molecule has 0 atom stereocenters. The van der Waals surface area contributed by atoms with Crippen molar-refractivity contribution in [2.45, 2.75) is 32.8 Å². The van der Waals surface area contributed by atoms with E-state index in [1.807, 2.05) is 0 Å². The molecule has 0 rings (SSSR count). The van der Waals surface area contributed by atoms with Gasteiger partial charge in [-0.3, -0.25) is 9.59 Å². The molecule has 0 heterocycles. The van der Waals surface area contributed by atoms with E-state index in [9.17, 15) is 9.59 Å². The van der Waals surface area contributed by atoms with Crippen LogP contribution >= 0.6 is 0 Å². The molecule has 0 spiro atoms. The highest BCUT2D eigenvalue weighted by molar-refractivity contribution is 5.70. The van der Waals surface area contributed by atoms with Crippen molar-refractivity contribution in [1.29, 1.82) is 0 Å². The molecule has 4 heteroatoms. The molecule has 0 aliphatic carbocycles. The Balaban J connectivity index is 3.53. The van der Waals surface area contributed by atoms with Crippen molar-refractivity contribution in [3.63, 3.8) is 0 Å². The normalized spacial score (nSPS) is 10.6. The third-order valence-electron chi connectivity index (χ3n) is 0.912. The van der Waals surface area contributed by atoms with Crippen LogP contribution in [0, 0.1) is 0 Å². The van der Waals surface area contributed by atoms with Crippen LogP contribution in [0.15, 0.2) is 0 Å². The zero-order chi connectivity index (χ0) is 9.61. The van der Waals surface area contributed by atoms with Crippen LogP contribution in [0.25, 0.3) is 0 Å². The van der Waals surface area contributed by atoms with Gasteiger partial charge in [0.1, 0.15) is 12.2 Å². The molecular formula is C8H14O4. The third-order valence-corrected chi connectivity index (χ3v) is 0.912. The molecule has 0 fully saturated rings. The van der Waals surface area contributed by atoms with Crippen molar-refractivity contribution in [2.75, 3.05) is 6.61 Å². The van der Waals surface area contributed by atoms with Gasteiger partial charge in [0.2, 0.25) is 0 Å². The molecule has 0 aliphatic heterocycles. The quantitative estimate of drug-likeness (QED) is 0.361. The van der Waals surface area contributed by atoms with Gasteiger partial charge < -0.3 is 9.47 Å². The van der Waals surface area contributed by atoms with Gasteiger partial charge in [0.05, 0.1) is 6.42 Å². The average molecular weight is 174 g/mol. The van der Waals surface area contributed by atoms with Gasteiger partial charge in [-0.2, -0.15) is 0 Å². The topological polar surface area (TPSA) is 52.6 Å². The summed E-state index contributed by atoms with van der Waals surface area (Å²) in [6, 6.07) is 0. The summed E-state index contributed by atoms with van der Waals surface area (Å²) in [5.41, 5.74) is -0.474. The molecule has 0 amide bonds. The Labute approximate surface area is 71.8 Å². The summed E-state index contributed by atoms with van der Waals surface area (Å²) in [5.74, 6) is -0.357. The van der Waals surface area contributed by atoms with E-state index in [4.69, 9.17) is 4.74 Å². The number of esters is 1. The molecular weight excluding hydrogens is 160 g/mol. The number of hydrogen-bond donors (Lipinski definition) is 0. The van der Waals surface area contributed by atoms with Crippen LogP contribution in [0.4, 0.5) is 0 Å². The zero-order valence-corrected chi connectivity index (χ0v) is 7.62. The van der Waals surface area contributed by atoms with E-state index >= 15 is 0 Å². The maximum Gasteiger partial charge on any atom is 0.309 e. The highest BCUT2D eigenvalue weighted by Gasteiger charge is 2.15. The fraction of sp³-hybridized carbons (Fsp3) is 0.750. The van der Waals surface area contributed by atoms with E-state index in [-0.39, 0.29) is 19.0 Å². The Bertz CT molecular complexity index is 157. The van der Waals surface area contributed by atoms with Gasteiger partial charge in [-0.15, -0.1) is 0 Å². The van der Waals surface area contributed by atoms with Crippen molar-refractivity contribution in [3.8, 4) is 0 Å². The Morgan fingerprint density at radius 2 is 2.00 bits per heavy atom. The van der Waals surface area contributed by atoms with E-state index in [0.717, 1.165) is 0 Å². The molecule has 70 valence electrons. The SMILES string of the molecule is CC(C)(C)OC(=O)CCOC=O. The molecule has 0 radical (unpaired) electrons. The number of ether oxygens (including phenoxy) is 2. The molecule has 0 N–H and O–H groups in total. The molecule has 0 aromatic carbocycles. The zero-order valence-electron chi connectivity index (χ0n) is 7.62. The summed E-state index contributed by atoms with van der Waals surface area (Å²) in [5, 5.41) is 0. The van der Waals surface area contributed by atoms with Gasteiger partial charge in [0, 0.05) is 0 Å². The maximum absolute atomic E-state index is 10.9. The Hall–Kier alpha value is -1.06. The van der Waals surface area contributed by atoms with Gasteiger partial charge in [0.15, 0.2) is 0 Å². The van der Waals surface area contributed by atoms with Crippen molar-refractivity contribution in [1.82, 2.24) is 0 Å². The highest BCUT2D eigenvalue weighted by Crippen LogP contribution is 2.07. The van der Waals surface area contributed by atoms with E-state index in [0.29, 0.717) is 6.47 Å². The first-order chi connectivity index (χ1) is 5.45. The first kappa shape index (κ1) is 10.9. The standard InChI is InChI=1S/C8H14O4/c1-8(2,3)12-7(10)4-5-11-6-9/h6H,4-5H2,1-3H3. The van der Waals surface area contributed by atoms with Crippen LogP contribution in [0.3, 0.4) is 0 Å². The minimum absolute atomic E-state index is 0.0818. The van der Waals surface area contributed by atoms with Crippen molar-refractivity contribution in [2.24, 2.45) is 0 Å². The lowest BCUT2D eigenvalue weighted by atomic mass is 10.2. The third kappa shape index (κ3) is 7.05. The minimum atomic E-state index is -0.474. The predicted octanol–water partition coefficient (Wildman–Crippen LogP) is 0.891. The predicted molar refractivity (Wildman–Crippen MR) is 42.5 cm³/mol. The fourth-order valence-electron chi connectivity index (χ4n) is 0.583. The van der Waals surface area contributed by atoms with Crippen LogP contribution < -0.4 is 0 Å². The van der Waals surface area contributed by atoms with Crippen LogP contribution in [0.2, 0.25) is 0 Å². The van der Waals surface area contributed by atoms with Gasteiger partial charge >= 0.3 is 5.97 Å². The molecule has 0 saturated carbocycles. The Morgan fingerprint density at radius 3 is 2.42 bits per heavy atom. The lowest BCUT2D eigenvalue weighted by molar-refractivity contribution is -0.156. The molecule has 0 bridgehead atoms. The van der Waals surface area contributed by atoms with Crippen LogP contribution in [-0.4, -0.2) is 24.6 Å². The van der Waals surface area contributed by atoms with Crippen molar-refractivity contribution >= 4 is 12.4 Å². The van der Waals surface area contributed by atoms with Gasteiger partial charge in [0.25, 0.3) is 6.47 Å². The lowest BCUT2D eigenvalue weighted by Gasteiger charge is -2.19. The number of rotatable bonds is 4. The van der Waals surface area contributed by atoms with Crippen molar-refractivity contribution < 1.29 is 19.1 Å². The minimum Gasteiger partial charge on any atom is -0.467 e. The molecule has 0 aromatic heterocycles. The molecule has 0 saturated heterocycles. The van der Waals surface area contributed by atoms with E-state index in [1.54, 1.807) is 20.8 Å². The first-order valence-electron chi connectivity index (χ1n) is 3.73. The van der Waals surface area contributed by atoms with E-state index < -0.39 is 5.60 Å². The smallest absolute Gasteiger partial charge is 0.309 e. The van der Waals surface area contributed by atoms with E-state index in [1.165, 1.54) is 0 Å². The highest BCUT2D eigenvalue weighted by atomic mass is 16.6. The second-order valence-electron chi connectivity index (χ2n) is 3.30. The first-order valence-corrected chi connectivity index (χ1v) is 3.73. The number of hydrogen-bond acceptors (Lipinski definition) is 4. The van der Waals surface area contributed by atoms with Crippen molar-refractivity contribution in [3.05, 3.63) is 0 Å². The summed E-state index contributed by atoms with van der Waals surface area (Å²) in [7, 11) is 0. The summed E-state index contributed by atoms with van der Waals surface area (Å²) < 4.78 is 9.29. The van der Waals surface area contributed by atoms with Crippen LogP contribution in [0.5, 0.6) is 0 Å². The molecule has 0 aliphatic rings. The fourth-order valence-corrected chi connectivity index (χ4v) is 0.583. The van der Waals surface area contributed by atoms with Gasteiger partial charge in [-0.25, -0.2) is 0 Å². The average Bonchev–Trinajstić information content (AvgIpc) is 1.84. The van der Waals surface area contributed by atoms with Crippen LogP contribution in [0.1, 0.15) is 27.2 Å². The monoisotopic (exact) mass is 174 g/mol. The number of carbonyl (C=O) groups excluding carboxylic acids is 2. The largest absolute Gasteiger partial charge is 0.467 e. The summed E-state index contributed by atoms with van der Waals surface area (Å²) in [6.45, 7) is 5.74. The second-order valence-corrected chi connectivity index (χ2v) is 3.30. The number of carbonyl (C=O) groups is 2. The van der Waals surface area contributed by atoms with Gasteiger partial charge in [-0.05, 0) is 20.8 Å². The molecule has 4 nitrogen and oxygen atoms in total. The summed E-state index contributed by atoms with van der Waals surface area (Å²) in [4.78, 5) is 20.6. The maximum atomic E-state index is 10.9. The van der Waals surface area contributed by atoms with E-state index in [2.05, 4.69) is 4.74 Å². The molecule has 0 unspecified atom stereocenters. The van der Waals surface area contributed by atoms with Crippen LogP contribution in [-0.2, 0) is 19.1 Å². The second kappa shape index (κ2) is 4.74. The molecule has 0 aromatic rings. The van der Waals surface area contributed by atoms with Gasteiger partial charge in [-0.1, -0.05) is 0 Å². The summed E-state index contributed by atoms with van der Waals surface area (Å²) in [6.07, 6.45) is 0.107. The Kier molecular flexibility index (Phi) is 4.33. The summed E-state index contributed by atoms with van der Waals surface area (Å²) >= 11 is 0. The molecule has 12 heavy (non-hydrogen) atoms. The Morgan fingerprint density at radius 1 is 1.42 bits per heavy atom. The lowest BCUT2D eigenvalue weighted by Crippen LogP contribution is -2.24.